The minimum Gasteiger partial charge on any atom is -0.378 e. The van der Waals surface area contributed by atoms with Crippen LogP contribution in [0.25, 0.3) is 10.2 Å². The van der Waals surface area contributed by atoms with E-state index in [0.717, 1.165) is 68.6 Å². The molecule has 2 aliphatic rings. The molecule has 0 spiro atoms. The normalized spacial score (nSPS) is 18.0. The van der Waals surface area contributed by atoms with Crippen molar-refractivity contribution in [3.63, 3.8) is 0 Å². The molecule has 0 atom stereocenters. The zero-order valence-corrected chi connectivity index (χ0v) is 17.7. The van der Waals surface area contributed by atoms with Gasteiger partial charge in [-0.3, -0.25) is 4.79 Å². The Morgan fingerprint density at radius 2 is 1.70 bits per heavy atom. The predicted octanol–water partition coefficient (Wildman–Crippen LogP) is 3.99. The van der Waals surface area contributed by atoms with Crippen LogP contribution in [-0.2, 0) is 9.53 Å². The number of hydrogen-bond acceptors (Lipinski definition) is 6. The van der Waals surface area contributed by atoms with Gasteiger partial charge in [0.25, 0.3) is 0 Å². The highest BCUT2D eigenvalue weighted by Crippen LogP contribution is 2.31. The molecule has 0 aliphatic carbocycles. The summed E-state index contributed by atoms with van der Waals surface area (Å²) in [6, 6.07) is 16.4. The Balaban J connectivity index is 1.15. The van der Waals surface area contributed by atoms with Crippen molar-refractivity contribution in [1.29, 1.82) is 0 Å². The number of aromatic nitrogens is 1. The second-order valence-corrected chi connectivity index (χ2v) is 8.87. The van der Waals surface area contributed by atoms with E-state index in [4.69, 9.17) is 9.72 Å². The second-order valence-electron chi connectivity index (χ2n) is 7.86. The summed E-state index contributed by atoms with van der Waals surface area (Å²) in [6.07, 6.45) is 1.71. The maximum absolute atomic E-state index is 12.8. The first kappa shape index (κ1) is 19.3. The third-order valence-corrected chi connectivity index (χ3v) is 7.03. The number of para-hydroxylation sites is 1. The molecule has 0 bridgehead atoms. The second kappa shape index (κ2) is 8.62. The number of hydrogen-bond donors (Lipinski definition) is 1. The number of amides is 1. The summed E-state index contributed by atoms with van der Waals surface area (Å²) in [7, 11) is 0. The third-order valence-electron chi connectivity index (χ3n) is 5.93. The van der Waals surface area contributed by atoms with E-state index in [-0.39, 0.29) is 11.8 Å². The number of piperidine rings is 1. The summed E-state index contributed by atoms with van der Waals surface area (Å²) >= 11 is 1.73. The number of carbonyl (C=O) groups is 1. The smallest absolute Gasteiger partial charge is 0.227 e. The van der Waals surface area contributed by atoms with Gasteiger partial charge in [0.05, 0.1) is 23.4 Å². The van der Waals surface area contributed by atoms with Gasteiger partial charge in [0, 0.05) is 43.5 Å². The molecule has 1 N–H and O–H groups in total. The number of anilines is 3. The largest absolute Gasteiger partial charge is 0.378 e. The molecule has 2 aliphatic heterocycles. The van der Waals surface area contributed by atoms with E-state index < -0.39 is 0 Å². The van der Waals surface area contributed by atoms with E-state index in [9.17, 15) is 4.79 Å². The van der Waals surface area contributed by atoms with Crippen molar-refractivity contribution in [2.75, 3.05) is 54.5 Å². The van der Waals surface area contributed by atoms with E-state index in [1.165, 1.54) is 10.4 Å². The molecule has 156 valence electrons. The fraction of sp³-hybridized carbons (Fsp3) is 0.391. The van der Waals surface area contributed by atoms with Crippen molar-refractivity contribution in [1.82, 2.24) is 4.98 Å². The van der Waals surface area contributed by atoms with Gasteiger partial charge in [-0.25, -0.2) is 4.98 Å². The zero-order chi connectivity index (χ0) is 20.3. The fourth-order valence-corrected chi connectivity index (χ4v) is 5.17. The molecule has 1 aromatic heterocycles. The summed E-state index contributed by atoms with van der Waals surface area (Å²) in [5, 5.41) is 4.17. The van der Waals surface area contributed by atoms with Crippen LogP contribution in [0.1, 0.15) is 12.8 Å². The number of nitrogens with one attached hydrogen (secondary N) is 1. The molecule has 5 rings (SSSR count). The van der Waals surface area contributed by atoms with E-state index in [1.54, 1.807) is 11.3 Å². The maximum Gasteiger partial charge on any atom is 0.227 e. The highest BCUT2D eigenvalue weighted by molar-refractivity contribution is 7.22. The molecule has 2 fully saturated rings. The van der Waals surface area contributed by atoms with Crippen LogP contribution < -0.4 is 15.1 Å². The molecule has 6 nitrogen and oxygen atoms in total. The molecule has 3 heterocycles. The SMILES string of the molecule is O=C(Nc1ccc(N2CCOCC2)cc1)C1CCN(c2nc3ccccc3s2)CC1. The Kier molecular flexibility index (Phi) is 5.55. The van der Waals surface area contributed by atoms with Crippen LogP contribution in [0.5, 0.6) is 0 Å². The summed E-state index contributed by atoms with van der Waals surface area (Å²) < 4.78 is 6.63. The van der Waals surface area contributed by atoms with Crippen LogP contribution in [0.3, 0.4) is 0 Å². The third kappa shape index (κ3) is 4.13. The number of ether oxygens (including phenoxy) is 1. The molecular formula is C23H26N4O2S. The van der Waals surface area contributed by atoms with Gasteiger partial charge in [-0.2, -0.15) is 0 Å². The fourth-order valence-electron chi connectivity index (χ4n) is 4.15. The van der Waals surface area contributed by atoms with Crippen molar-refractivity contribution in [3.05, 3.63) is 48.5 Å². The topological polar surface area (TPSA) is 57.7 Å². The molecule has 2 saturated heterocycles. The Bertz CT molecular complexity index is 972. The van der Waals surface area contributed by atoms with Crippen LogP contribution >= 0.6 is 11.3 Å². The van der Waals surface area contributed by atoms with E-state index in [0.29, 0.717) is 0 Å². The highest BCUT2D eigenvalue weighted by Gasteiger charge is 2.26. The zero-order valence-electron chi connectivity index (χ0n) is 16.9. The van der Waals surface area contributed by atoms with Crippen molar-refractivity contribution in [3.8, 4) is 0 Å². The number of fused-ring (bicyclic) bond motifs is 1. The number of morpholine rings is 1. The molecule has 1 amide bonds. The van der Waals surface area contributed by atoms with Crippen molar-refractivity contribution in [2.45, 2.75) is 12.8 Å². The Morgan fingerprint density at radius 1 is 0.967 bits per heavy atom. The highest BCUT2D eigenvalue weighted by atomic mass is 32.1. The van der Waals surface area contributed by atoms with Gasteiger partial charge in [0.2, 0.25) is 5.91 Å². The van der Waals surface area contributed by atoms with Gasteiger partial charge in [0.1, 0.15) is 0 Å². The molecule has 2 aromatic carbocycles. The van der Waals surface area contributed by atoms with Gasteiger partial charge in [0.15, 0.2) is 5.13 Å². The van der Waals surface area contributed by atoms with Gasteiger partial charge in [-0.1, -0.05) is 23.5 Å². The van der Waals surface area contributed by atoms with E-state index in [1.807, 2.05) is 24.3 Å². The molecule has 0 radical (unpaired) electrons. The Labute approximate surface area is 180 Å². The van der Waals surface area contributed by atoms with Crippen LogP contribution in [0.15, 0.2) is 48.5 Å². The van der Waals surface area contributed by atoms with Crippen LogP contribution in [0, 0.1) is 5.92 Å². The first-order valence-corrected chi connectivity index (χ1v) is 11.4. The lowest BCUT2D eigenvalue weighted by molar-refractivity contribution is -0.120. The standard InChI is InChI=1S/C23H26N4O2S/c28-22(24-18-5-7-19(8-6-18)26-13-15-29-16-14-26)17-9-11-27(12-10-17)23-25-20-3-1-2-4-21(20)30-23/h1-8,17H,9-16H2,(H,24,28). The van der Waals surface area contributed by atoms with Gasteiger partial charge in [-0.15, -0.1) is 0 Å². The number of nitrogens with zero attached hydrogens (tertiary/aromatic N) is 3. The van der Waals surface area contributed by atoms with Crippen molar-refractivity contribution < 1.29 is 9.53 Å². The number of thiazole rings is 1. The molecular weight excluding hydrogens is 396 g/mol. The van der Waals surface area contributed by atoms with Gasteiger partial charge >= 0.3 is 0 Å². The number of carbonyl (C=O) groups excluding carboxylic acids is 1. The van der Waals surface area contributed by atoms with Crippen LogP contribution in [-0.4, -0.2) is 50.3 Å². The summed E-state index contributed by atoms with van der Waals surface area (Å²) in [6.45, 7) is 5.11. The number of benzene rings is 2. The lowest BCUT2D eigenvalue weighted by Gasteiger charge is -2.31. The monoisotopic (exact) mass is 422 g/mol. The Hall–Kier alpha value is -2.64. The average Bonchev–Trinajstić information content (AvgIpc) is 3.25. The minimum atomic E-state index is 0.0505. The first-order chi connectivity index (χ1) is 14.8. The quantitative estimate of drug-likeness (QED) is 0.689. The lowest BCUT2D eigenvalue weighted by Crippen LogP contribution is -2.38. The number of rotatable bonds is 4. The van der Waals surface area contributed by atoms with E-state index in [2.05, 4.69) is 39.4 Å². The molecule has 7 heteroatoms. The molecule has 0 unspecified atom stereocenters. The Morgan fingerprint density at radius 3 is 2.43 bits per heavy atom. The van der Waals surface area contributed by atoms with Crippen molar-refractivity contribution in [2.24, 2.45) is 5.92 Å². The summed E-state index contributed by atoms with van der Waals surface area (Å²) in [5.74, 6) is 0.174. The maximum atomic E-state index is 12.8. The predicted molar refractivity (Wildman–Crippen MR) is 123 cm³/mol. The summed E-state index contributed by atoms with van der Waals surface area (Å²) in [4.78, 5) is 22.1. The molecule has 0 saturated carbocycles. The molecule has 3 aromatic rings. The minimum absolute atomic E-state index is 0.0505. The van der Waals surface area contributed by atoms with Gasteiger partial charge < -0.3 is 19.9 Å². The van der Waals surface area contributed by atoms with E-state index >= 15 is 0 Å². The average molecular weight is 423 g/mol. The lowest BCUT2D eigenvalue weighted by atomic mass is 9.96. The van der Waals surface area contributed by atoms with Crippen LogP contribution in [0.4, 0.5) is 16.5 Å². The summed E-state index contributed by atoms with van der Waals surface area (Å²) in [5.41, 5.74) is 3.10. The van der Waals surface area contributed by atoms with Crippen molar-refractivity contribution >= 4 is 44.0 Å². The van der Waals surface area contributed by atoms with Gasteiger partial charge in [-0.05, 0) is 49.2 Å². The first-order valence-electron chi connectivity index (χ1n) is 10.6. The van der Waals surface area contributed by atoms with Crippen LogP contribution in [0.2, 0.25) is 0 Å². The molecule has 30 heavy (non-hydrogen) atoms.